The number of carbonyl (C=O) groups excluding carboxylic acids is 2. The van der Waals surface area contributed by atoms with Crippen LogP contribution in [0.3, 0.4) is 0 Å². The number of amides is 2. The first-order chi connectivity index (χ1) is 17.9. The van der Waals surface area contributed by atoms with Gasteiger partial charge < -0.3 is 19.1 Å². The molecule has 7 heteroatoms. The minimum Gasteiger partial charge on any atom is -0.493 e. The van der Waals surface area contributed by atoms with E-state index in [-0.39, 0.29) is 24.4 Å². The van der Waals surface area contributed by atoms with Gasteiger partial charge in [-0.15, -0.1) is 0 Å². The standard InChI is InChI=1S/C30H30N2O5/c1-31-14-13-29-21-18-9-10-19(35-2)24(21)37-27(29)30(36-3)12-11-28(29,20(31)15-18)22-23(30)26(34)32(25(22)33)16-17-7-5-4-6-8-17/h4-12,20,22-23,27H,13-16H2,1-3H3/t20-,22+,23-,27-,28+,29+,30-/m1/s1. The third kappa shape index (κ3) is 2.14. The Morgan fingerprint density at radius 1 is 1.03 bits per heavy atom. The molecule has 0 aromatic heterocycles. The predicted molar refractivity (Wildman–Crippen MR) is 134 cm³/mol. The summed E-state index contributed by atoms with van der Waals surface area (Å²) < 4.78 is 19.0. The molecule has 7 aliphatic rings. The summed E-state index contributed by atoms with van der Waals surface area (Å²) in [6, 6.07) is 14.0. The van der Waals surface area contributed by atoms with Gasteiger partial charge in [0.1, 0.15) is 11.7 Å². The average molecular weight is 499 g/mol. The van der Waals surface area contributed by atoms with Crippen molar-refractivity contribution in [2.45, 2.75) is 42.5 Å². The third-order valence-corrected chi connectivity index (χ3v) is 10.7. The Balaban J connectivity index is 1.40. The van der Waals surface area contributed by atoms with Crippen molar-refractivity contribution in [3.63, 3.8) is 0 Å². The summed E-state index contributed by atoms with van der Waals surface area (Å²) in [4.78, 5) is 32.6. The van der Waals surface area contributed by atoms with Gasteiger partial charge in [-0.05, 0) is 43.6 Å². The summed E-state index contributed by atoms with van der Waals surface area (Å²) in [5.74, 6) is 0.0943. The number of likely N-dealkylation sites (N-methyl/N-ethyl adjacent to an activating group) is 1. The van der Waals surface area contributed by atoms with Gasteiger partial charge in [0.05, 0.1) is 30.9 Å². The zero-order chi connectivity index (χ0) is 25.3. The molecule has 4 aliphatic carbocycles. The van der Waals surface area contributed by atoms with Crippen molar-refractivity contribution in [1.29, 1.82) is 0 Å². The molecule has 0 N–H and O–H groups in total. The van der Waals surface area contributed by atoms with Crippen LogP contribution in [0.4, 0.5) is 0 Å². The van der Waals surface area contributed by atoms with Crippen molar-refractivity contribution in [2.75, 3.05) is 27.8 Å². The summed E-state index contributed by atoms with van der Waals surface area (Å²) in [6.45, 7) is 1.17. The molecule has 2 saturated heterocycles. The van der Waals surface area contributed by atoms with Gasteiger partial charge in [0.25, 0.3) is 0 Å². The number of hydrogen-bond donors (Lipinski definition) is 0. The molecule has 1 saturated carbocycles. The van der Waals surface area contributed by atoms with E-state index in [1.165, 1.54) is 16.0 Å². The maximum absolute atomic E-state index is 14.5. The molecular weight excluding hydrogens is 468 g/mol. The van der Waals surface area contributed by atoms with E-state index >= 15 is 0 Å². The topological polar surface area (TPSA) is 68.3 Å². The van der Waals surface area contributed by atoms with Crippen LogP contribution >= 0.6 is 0 Å². The molecule has 2 amide bonds. The van der Waals surface area contributed by atoms with Crippen LogP contribution < -0.4 is 9.47 Å². The lowest BCUT2D eigenvalue weighted by atomic mass is 9.34. The molecule has 3 aliphatic heterocycles. The van der Waals surface area contributed by atoms with E-state index < -0.39 is 34.4 Å². The van der Waals surface area contributed by atoms with Crippen molar-refractivity contribution < 1.29 is 23.8 Å². The molecule has 2 aromatic carbocycles. The van der Waals surface area contributed by atoms with E-state index in [1.807, 2.05) is 36.4 Å². The van der Waals surface area contributed by atoms with Crippen LogP contribution in [0.1, 0.15) is 23.1 Å². The molecule has 37 heavy (non-hydrogen) atoms. The van der Waals surface area contributed by atoms with E-state index in [0.717, 1.165) is 30.7 Å². The number of methoxy groups -OCH3 is 2. The maximum atomic E-state index is 14.5. The van der Waals surface area contributed by atoms with Crippen LogP contribution in [0.15, 0.2) is 54.6 Å². The summed E-state index contributed by atoms with van der Waals surface area (Å²) in [6.07, 6.45) is 5.55. The number of benzene rings is 2. The molecule has 0 radical (unpaired) electrons. The number of likely N-dealkylation sites (tertiary alicyclic amines) is 2. The molecule has 9 rings (SSSR count). The largest absolute Gasteiger partial charge is 0.493 e. The average Bonchev–Trinajstić information content (AvgIpc) is 3.42. The van der Waals surface area contributed by atoms with E-state index in [2.05, 4.69) is 30.2 Å². The van der Waals surface area contributed by atoms with Gasteiger partial charge >= 0.3 is 0 Å². The number of carbonyl (C=O) groups is 2. The molecule has 7 atom stereocenters. The molecule has 0 unspecified atom stereocenters. The highest BCUT2D eigenvalue weighted by molar-refractivity contribution is 6.07. The van der Waals surface area contributed by atoms with E-state index in [1.54, 1.807) is 14.2 Å². The molecule has 2 aromatic rings. The summed E-state index contributed by atoms with van der Waals surface area (Å²) >= 11 is 0. The number of ether oxygens (including phenoxy) is 3. The van der Waals surface area contributed by atoms with Gasteiger partial charge in [-0.2, -0.15) is 0 Å². The summed E-state index contributed by atoms with van der Waals surface area (Å²) in [5.41, 5.74) is 1.29. The molecule has 4 bridgehead atoms. The first kappa shape index (κ1) is 21.9. The van der Waals surface area contributed by atoms with Crippen molar-refractivity contribution in [3.05, 3.63) is 71.3 Å². The fourth-order valence-electron chi connectivity index (χ4n) is 9.35. The Hall–Kier alpha value is -3.16. The molecular formula is C30H30N2O5. The first-order valence-electron chi connectivity index (χ1n) is 13.2. The SMILES string of the molecule is COc1ccc2c3c1O[C@H]1[C@@]4(OC)C=C[C@@]5([C@@H]6C(=O)N(Cc7ccccc7)C(=O)[C@@H]64)[C@@H](C2)N(C)CC[C@]315. The van der Waals surface area contributed by atoms with Crippen LogP contribution in [0.5, 0.6) is 11.5 Å². The Morgan fingerprint density at radius 3 is 2.57 bits per heavy atom. The van der Waals surface area contributed by atoms with Gasteiger partial charge in [-0.3, -0.25) is 14.5 Å². The zero-order valence-electron chi connectivity index (χ0n) is 21.3. The molecule has 3 heterocycles. The number of rotatable bonds is 4. The molecule has 3 fully saturated rings. The predicted octanol–water partition coefficient (Wildman–Crippen LogP) is 2.71. The lowest BCUT2D eigenvalue weighted by molar-refractivity contribution is -0.229. The van der Waals surface area contributed by atoms with Crippen molar-refractivity contribution in [1.82, 2.24) is 9.80 Å². The monoisotopic (exact) mass is 498 g/mol. The Kier molecular flexibility index (Phi) is 4.04. The summed E-state index contributed by atoms with van der Waals surface area (Å²) in [7, 11) is 5.48. The van der Waals surface area contributed by atoms with Gasteiger partial charge in [0.2, 0.25) is 11.8 Å². The lowest BCUT2D eigenvalue weighted by Gasteiger charge is -2.71. The Bertz CT molecular complexity index is 1410. The minimum atomic E-state index is -1.04. The Labute approximate surface area is 216 Å². The van der Waals surface area contributed by atoms with E-state index in [0.29, 0.717) is 5.75 Å². The van der Waals surface area contributed by atoms with Crippen LogP contribution in [-0.2, 0) is 32.7 Å². The molecule has 190 valence electrons. The highest BCUT2D eigenvalue weighted by Crippen LogP contribution is 2.77. The Morgan fingerprint density at radius 2 is 1.81 bits per heavy atom. The zero-order valence-corrected chi connectivity index (χ0v) is 21.3. The minimum absolute atomic E-state index is 0.0755. The second-order valence-corrected chi connectivity index (χ2v) is 11.6. The first-order valence-corrected chi connectivity index (χ1v) is 13.2. The number of imide groups is 1. The van der Waals surface area contributed by atoms with Crippen LogP contribution in [-0.4, -0.2) is 67.2 Å². The number of hydrogen-bond acceptors (Lipinski definition) is 6. The fourth-order valence-corrected chi connectivity index (χ4v) is 9.35. The van der Waals surface area contributed by atoms with Crippen molar-refractivity contribution in [3.8, 4) is 11.5 Å². The fraction of sp³-hybridized carbons (Fsp3) is 0.467. The van der Waals surface area contributed by atoms with Gasteiger partial charge in [0.15, 0.2) is 11.5 Å². The van der Waals surface area contributed by atoms with Gasteiger partial charge in [-0.1, -0.05) is 48.6 Å². The van der Waals surface area contributed by atoms with Crippen LogP contribution in [0.25, 0.3) is 0 Å². The molecule has 2 spiro atoms. The number of nitrogens with zero attached hydrogens (tertiary/aromatic N) is 2. The van der Waals surface area contributed by atoms with Gasteiger partial charge in [0, 0.05) is 24.1 Å². The second kappa shape index (κ2) is 6.83. The quantitative estimate of drug-likeness (QED) is 0.477. The maximum Gasteiger partial charge on any atom is 0.236 e. The third-order valence-electron chi connectivity index (χ3n) is 10.7. The second-order valence-electron chi connectivity index (χ2n) is 11.6. The smallest absolute Gasteiger partial charge is 0.236 e. The van der Waals surface area contributed by atoms with E-state index in [4.69, 9.17) is 14.2 Å². The van der Waals surface area contributed by atoms with Crippen LogP contribution in [0.2, 0.25) is 0 Å². The highest BCUT2D eigenvalue weighted by atomic mass is 16.6. The van der Waals surface area contributed by atoms with Crippen molar-refractivity contribution in [2.24, 2.45) is 17.3 Å². The van der Waals surface area contributed by atoms with Crippen LogP contribution in [0, 0.1) is 17.3 Å². The summed E-state index contributed by atoms with van der Waals surface area (Å²) in [5, 5.41) is 0. The highest BCUT2D eigenvalue weighted by Gasteiger charge is 2.85. The van der Waals surface area contributed by atoms with Gasteiger partial charge in [-0.25, -0.2) is 0 Å². The van der Waals surface area contributed by atoms with E-state index in [9.17, 15) is 9.59 Å². The number of piperidine rings is 1. The lowest BCUT2D eigenvalue weighted by Crippen LogP contribution is -2.82. The molecule has 7 nitrogen and oxygen atoms in total. The van der Waals surface area contributed by atoms with Crippen molar-refractivity contribution >= 4 is 11.8 Å². The normalized spacial score (nSPS) is 40.0.